The van der Waals surface area contributed by atoms with Gasteiger partial charge in [-0.2, -0.15) is 0 Å². The lowest BCUT2D eigenvalue weighted by molar-refractivity contribution is 0.194. The van der Waals surface area contributed by atoms with E-state index in [1.54, 1.807) is 0 Å². The second-order valence-corrected chi connectivity index (χ2v) is 9.74. The molecule has 2 rings (SSSR count). The molecule has 0 saturated carbocycles. The van der Waals surface area contributed by atoms with Crippen LogP contribution in [0.3, 0.4) is 0 Å². The number of benzene rings is 1. The third-order valence-corrected chi connectivity index (χ3v) is 6.56. The Kier molecular flexibility index (Phi) is 6.58. The summed E-state index contributed by atoms with van der Waals surface area (Å²) in [5.41, 5.74) is 2.40. The number of halogens is 1. The number of anilines is 1. The van der Waals surface area contributed by atoms with E-state index in [1.807, 2.05) is 51.7 Å². The summed E-state index contributed by atoms with van der Waals surface area (Å²) in [5, 5.41) is 2.81. The van der Waals surface area contributed by atoms with Gasteiger partial charge in [-0.1, -0.05) is 46.2 Å². The van der Waals surface area contributed by atoms with E-state index in [0.717, 1.165) is 17.7 Å². The van der Waals surface area contributed by atoms with Crippen molar-refractivity contribution in [2.24, 2.45) is 0 Å². The van der Waals surface area contributed by atoms with Gasteiger partial charge in [-0.25, -0.2) is 17.9 Å². The molecule has 1 saturated heterocycles. The molecule has 8 heteroatoms. The van der Waals surface area contributed by atoms with E-state index in [1.165, 1.54) is 0 Å². The maximum atomic E-state index is 12.4. The van der Waals surface area contributed by atoms with Crippen molar-refractivity contribution in [3.63, 3.8) is 0 Å². The highest BCUT2D eigenvalue weighted by Crippen LogP contribution is 2.35. The van der Waals surface area contributed by atoms with Gasteiger partial charge < -0.3 is 10.2 Å². The lowest BCUT2D eigenvalue weighted by Crippen LogP contribution is -2.58. The monoisotopic (exact) mass is 401 g/mol. The van der Waals surface area contributed by atoms with Gasteiger partial charge in [0.2, 0.25) is 10.0 Å². The predicted molar refractivity (Wildman–Crippen MR) is 107 cm³/mol. The molecule has 0 radical (unpaired) electrons. The topological polar surface area (TPSA) is 78.5 Å². The third kappa shape index (κ3) is 4.69. The Morgan fingerprint density at radius 3 is 2.12 bits per heavy atom. The van der Waals surface area contributed by atoms with Crippen molar-refractivity contribution in [1.82, 2.24) is 9.62 Å². The first kappa shape index (κ1) is 21.0. The first-order valence-corrected chi connectivity index (χ1v) is 10.9. The second-order valence-electron chi connectivity index (χ2n) is 7.34. The molecule has 0 unspecified atom stereocenters. The number of urea groups is 1. The molecule has 26 heavy (non-hydrogen) atoms. The van der Waals surface area contributed by atoms with E-state index in [9.17, 15) is 13.2 Å². The average Bonchev–Trinajstić information content (AvgIpc) is 2.46. The van der Waals surface area contributed by atoms with Gasteiger partial charge in [-0.15, -0.1) is 0 Å². The van der Waals surface area contributed by atoms with E-state index in [4.69, 9.17) is 11.6 Å². The minimum absolute atomic E-state index is 0.128. The van der Waals surface area contributed by atoms with Gasteiger partial charge in [0.25, 0.3) is 0 Å². The van der Waals surface area contributed by atoms with E-state index in [0.29, 0.717) is 23.8 Å². The summed E-state index contributed by atoms with van der Waals surface area (Å²) in [6.45, 7) is 11.7. The van der Waals surface area contributed by atoms with Crippen molar-refractivity contribution in [1.29, 1.82) is 0 Å². The van der Waals surface area contributed by atoms with Crippen molar-refractivity contribution in [2.75, 3.05) is 25.0 Å². The van der Waals surface area contributed by atoms with Gasteiger partial charge in [0.05, 0.1) is 0 Å². The zero-order valence-electron chi connectivity index (χ0n) is 16.0. The number of rotatable bonds is 6. The molecular formula is C18H28ClN3O3S. The second kappa shape index (κ2) is 8.15. The summed E-state index contributed by atoms with van der Waals surface area (Å²) < 4.78 is 26.9. The number of nitrogens with one attached hydrogen (secondary N) is 2. The van der Waals surface area contributed by atoms with Crippen LogP contribution in [0.1, 0.15) is 57.6 Å². The number of nitrogens with zero attached hydrogens (tertiary/aromatic N) is 1. The number of likely N-dealkylation sites (tertiary alicyclic amines) is 1. The Balaban J connectivity index is 2.21. The van der Waals surface area contributed by atoms with Gasteiger partial charge in [-0.3, -0.25) is 0 Å². The Hall–Kier alpha value is -1.31. The molecule has 6 nitrogen and oxygen atoms in total. The molecule has 0 atom stereocenters. The van der Waals surface area contributed by atoms with Crippen LogP contribution in [0.25, 0.3) is 0 Å². The molecule has 0 bridgehead atoms. The zero-order chi connectivity index (χ0) is 19.6. The quantitative estimate of drug-likeness (QED) is 0.760. The van der Waals surface area contributed by atoms with E-state index >= 15 is 0 Å². The summed E-state index contributed by atoms with van der Waals surface area (Å²) in [5.74, 6) is 0.255. The van der Waals surface area contributed by atoms with Crippen LogP contribution in [0, 0.1) is 0 Å². The normalized spacial score (nSPS) is 16.0. The number of sulfonamides is 1. The smallest absolute Gasteiger partial charge is 0.307 e. The van der Waals surface area contributed by atoms with Crippen LogP contribution in [0.5, 0.6) is 0 Å². The van der Waals surface area contributed by atoms with Crippen molar-refractivity contribution in [3.8, 4) is 0 Å². The molecule has 1 aromatic rings. The number of carbonyl (C=O) groups excluding carboxylic acids is 1. The SMILES string of the molecule is CCN1CC(S(=O)(=O)NC(=O)Nc2c(C(C)C)cc(Cl)cc2C(C)C)C1. The Morgan fingerprint density at radius 2 is 1.69 bits per heavy atom. The van der Waals surface area contributed by atoms with Gasteiger partial charge in [0.15, 0.2) is 0 Å². The highest BCUT2D eigenvalue weighted by molar-refractivity contribution is 7.90. The summed E-state index contributed by atoms with van der Waals surface area (Å²) in [6.07, 6.45) is 0. The summed E-state index contributed by atoms with van der Waals surface area (Å²) in [7, 11) is -3.69. The molecule has 1 aliphatic rings. The molecule has 2 amide bonds. The van der Waals surface area contributed by atoms with Gasteiger partial charge in [0, 0.05) is 23.8 Å². The zero-order valence-corrected chi connectivity index (χ0v) is 17.5. The molecule has 0 spiro atoms. The van der Waals surface area contributed by atoms with Gasteiger partial charge >= 0.3 is 6.03 Å². The predicted octanol–water partition coefficient (Wildman–Crippen LogP) is 3.74. The summed E-state index contributed by atoms with van der Waals surface area (Å²) in [4.78, 5) is 14.4. The Morgan fingerprint density at radius 1 is 1.19 bits per heavy atom. The first-order chi connectivity index (χ1) is 12.0. The molecule has 0 aromatic heterocycles. The number of amides is 2. The fourth-order valence-corrected chi connectivity index (χ4v) is 4.56. The van der Waals surface area contributed by atoms with Crippen LogP contribution in [0.4, 0.5) is 10.5 Å². The molecule has 1 fully saturated rings. The molecule has 1 aromatic carbocycles. The third-order valence-electron chi connectivity index (χ3n) is 4.69. The van der Waals surface area contributed by atoms with Crippen LogP contribution in [0.2, 0.25) is 5.02 Å². The van der Waals surface area contributed by atoms with E-state index in [2.05, 4.69) is 10.0 Å². The summed E-state index contributed by atoms with van der Waals surface area (Å²) >= 11 is 6.22. The molecule has 1 aliphatic heterocycles. The minimum Gasteiger partial charge on any atom is -0.307 e. The van der Waals surface area contributed by atoms with Crippen LogP contribution in [-0.4, -0.2) is 44.2 Å². The molecule has 146 valence electrons. The largest absolute Gasteiger partial charge is 0.332 e. The lowest BCUT2D eigenvalue weighted by Gasteiger charge is -2.37. The number of hydrogen-bond donors (Lipinski definition) is 2. The molecule has 1 heterocycles. The van der Waals surface area contributed by atoms with Crippen molar-refractivity contribution in [2.45, 2.75) is 51.7 Å². The first-order valence-electron chi connectivity index (χ1n) is 8.93. The lowest BCUT2D eigenvalue weighted by atomic mass is 9.92. The minimum atomic E-state index is -3.69. The standard InChI is InChI=1S/C18H28ClN3O3S/c1-6-22-9-14(10-22)26(24,25)21-18(23)20-17-15(11(2)3)7-13(19)8-16(17)12(4)5/h7-8,11-12,14H,6,9-10H2,1-5H3,(H2,20,21,23). The number of hydrogen-bond acceptors (Lipinski definition) is 4. The van der Waals surface area contributed by atoms with Gasteiger partial charge in [-0.05, 0) is 41.6 Å². The van der Waals surface area contributed by atoms with Gasteiger partial charge in [0.1, 0.15) is 5.25 Å². The molecular weight excluding hydrogens is 374 g/mol. The highest BCUT2D eigenvalue weighted by atomic mass is 35.5. The maximum Gasteiger partial charge on any atom is 0.332 e. The van der Waals surface area contributed by atoms with Crippen LogP contribution in [-0.2, 0) is 10.0 Å². The average molecular weight is 402 g/mol. The molecule has 2 N–H and O–H groups in total. The van der Waals surface area contributed by atoms with Crippen molar-refractivity contribution in [3.05, 3.63) is 28.3 Å². The Bertz CT molecular complexity index is 743. The fourth-order valence-electron chi connectivity index (χ4n) is 3.03. The molecule has 0 aliphatic carbocycles. The van der Waals surface area contributed by atoms with E-state index < -0.39 is 21.3 Å². The van der Waals surface area contributed by atoms with Crippen LogP contribution < -0.4 is 10.0 Å². The fraction of sp³-hybridized carbons (Fsp3) is 0.611. The maximum absolute atomic E-state index is 12.4. The van der Waals surface area contributed by atoms with Crippen molar-refractivity contribution < 1.29 is 13.2 Å². The van der Waals surface area contributed by atoms with E-state index in [-0.39, 0.29) is 11.8 Å². The van der Waals surface area contributed by atoms with Crippen LogP contribution in [0.15, 0.2) is 12.1 Å². The Labute approximate surface area is 161 Å². The van der Waals surface area contributed by atoms with Crippen molar-refractivity contribution >= 4 is 33.3 Å². The summed E-state index contributed by atoms with van der Waals surface area (Å²) in [6, 6.07) is 2.90. The number of carbonyl (C=O) groups is 1. The van der Waals surface area contributed by atoms with Crippen LogP contribution >= 0.6 is 11.6 Å². The highest BCUT2D eigenvalue weighted by Gasteiger charge is 2.37.